The van der Waals surface area contributed by atoms with E-state index in [1.165, 1.54) is 5.56 Å². The van der Waals surface area contributed by atoms with Crippen LogP contribution in [0.25, 0.3) is 0 Å². The van der Waals surface area contributed by atoms with Crippen molar-refractivity contribution in [3.8, 4) is 0 Å². The molecule has 1 atom stereocenters. The number of fused-ring (bicyclic) bond motifs is 1. The average molecular weight is 244 g/mol. The number of hydrogen-bond donors (Lipinski definition) is 1. The van der Waals surface area contributed by atoms with E-state index in [-0.39, 0.29) is 11.8 Å². The molecule has 2 heterocycles. The van der Waals surface area contributed by atoms with Crippen molar-refractivity contribution in [2.45, 2.75) is 19.3 Å². The third kappa shape index (κ3) is 1.78. The lowest BCUT2D eigenvalue weighted by molar-refractivity contribution is -0.135. The molecule has 1 N–H and O–H groups in total. The maximum Gasteiger partial charge on any atom is 0.239 e. The van der Waals surface area contributed by atoms with Crippen molar-refractivity contribution < 1.29 is 9.59 Å². The van der Waals surface area contributed by atoms with Crippen molar-refractivity contribution >= 4 is 17.5 Å². The van der Waals surface area contributed by atoms with Crippen molar-refractivity contribution in [2.75, 3.05) is 18.0 Å². The molecular weight excluding hydrogens is 228 g/mol. The lowest BCUT2D eigenvalue weighted by Gasteiger charge is -2.26. The van der Waals surface area contributed by atoms with Gasteiger partial charge in [0.15, 0.2) is 0 Å². The molecule has 2 aliphatic rings. The summed E-state index contributed by atoms with van der Waals surface area (Å²) in [6, 6.07) is 7.93. The standard InChI is InChI=1S/C14H16N2O2/c17-13-11(5-3-8-15-13)14(18)16-9-7-10-4-1-2-6-12(10)16/h1-2,4,6,11H,3,5,7-9H2,(H,15,17). The van der Waals surface area contributed by atoms with Crippen molar-refractivity contribution in [2.24, 2.45) is 5.92 Å². The summed E-state index contributed by atoms with van der Waals surface area (Å²) in [4.78, 5) is 26.0. The number of nitrogens with zero attached hydrogens (tertiary/aromatic N) is 1. The molecule has 0 saturated carbocycles. The van der Waals surface area contributed by atoms with Gasteiger partial charge in [0.05, 0.1) is 0 Å². The van der Waals surface area contributed by atoms with Crippen molar-refractivity contribution in [1.82, 2.24) is 5.32 Å². The molecule has 3 rings (SSSR count). The highest BCUT2D eigenvalue weighted by Gasteiger charge is 2.35. The largest absolute Gasteiger partial charge is 0.355 e. The number of amides is 2. The van der Waals surface area contributed by atoms with Crippen LogP contribution in [0.1, 0.15) is 18.4 Å². The second kappa shape index (κ2) is 4.44. The molecule has 1 unspecified atom stereocenters. The Morgan fingerprint density at radius 3 is 3.00 bits per heavy atom. The molecule has 1 aromatic carbocycles. The van der Waals surface area contributed by atoms with Gasteiger partial charge in [-0.05, 0) is 30.9 Å². The molecule has 0 aromatic heterocycles. The summed E-state index contributed by atoms with van der Waals surface area (Å²) < 4.78 is 0. The Balaban J connectivity index is 1.84. The van der Waals surface area contributed by atoms with Crippen molar-refractivity contribution in [3.05, 3.63) is 29.8 Å². The normalized spacial score (nSPS) is 22.6. The van der Waals surface area contributed by atoms with E-state index < -0.39 is 5.92 Å². The highest BCUT2D eigenvalue weighted by Crippen LogP contribution is 2.29. The lowest BCUT2D eigenvalue weighted by atomic mass is 9.97. The summed E-state index contributed by atoms with van der Waals surface area (Å²) in [6.07, 6.45) is 2.44. The van der Waals surface area contributed by atoms with E-state index in [2.05, 4.69) is 5.32 Å². The van der Waals surface area contributed by atoms with E-state index in [1.54, 1.807) is 4.90 Å². The summed E-state index contributed by atoms with van der Waals surface area (Å²) in [5.74, 6) is -0.655. The maximum atomic E-state index is 12.4. The Morgan fingerprint density at radius 2 is 2.17 bits per heavy atom. The fraction of sp³-hybridized carbons (Fsp3) is 0.429. The van der Waals surface area contributed by atoms with Gasteiger partial charge in [-0.1, -0.05) is 18.2 Å². The molecule has 4 nitrogen and oxygen atoms in total. The van der Waals surface area contributed by atoms with Crippen LogP contribution in [0.2, 0.25) is 0 Å². The van der Waals surface area contributed by atoms with E-state index in [4.69, 9.17) is 0 Å². The van der Waals surface area contributed by atoms with Gasteiger partial charge in [0, 0.05) is 18.8 Å². The van der Waals surface area contributed by atoms with Crippen LogP contribution < -0.4 is 10.2 Å². The number of nitrogens with one attached hydrogen (secondary N) is 1. The van der Waals surface area contributed by atoms with Crippen LogP contribution in [0.3, 0.4) is 0 Å². The van der Waals surface area contributed by atoms with Crippen LogP contribution in [0.15, 0.2) is 24.3 Å². The average Bonchev–Trinajstić information content (AvgIpc) is 2.82. The molecule has 18 heavy (non-hydrogen) atoms. The SMILES string of the molecule is O=C1NCCCC1C(=O)N1CCc2ccccc21. The number of carbonyl (C=O) groups is 2. The molecule has 94 valence electrons. The fourth-order valence-corrected chi connectivity index (χ4v) is 2.76. The van der Waals surface area contributed by atoms with Gasteiger partial charge in [-0.25, -0.2) is 0 Å². The summed E-state index contributed by atoms with van der Waals surface area (Å²) >= 11 is 0. The molecule has 4 heteroatoms. The topological polar surface area (TPSA) is 49.4 Å². The molecule has 0 radical (unpaired) electrons. The first-order valence-electron chi connectivity index (χ1n) is 6.44. The van der Waals surface area contributed by atoms with Crippen molar-refractivity contribution in [3.63, 3.8) is 0 Å². The summed E-state index contributed by atoms with van der Waals surface area (Å²) in [6.45, 7) is 1.39. The lowest BCUT2D eigenvalue weighted by Crippen LogP contribution is -2.46. The number of piperidine rings is 1. The first-order valence-corrected chi connectivity index (χ1v) is 6.44. The van der Waals surface area contributed by atoms with Gasteiger partial charge in [-0.3, -0.25) is 9.59 Å². The van der Waals surface area contributed by atoms with E-state index in [0.717, 1.165) is 18.5 Å². The zero-order valence-electron chi connectivity index (χ0n) is 10.2. The molecule has 0 aliphatic carbocycles. The van der Waals surface area contributed by atoms with Gasteiger partial charge in [-0.15, -0.1) is 0 Å². The zero-order valence-corrected chi connectivity index (χ0v) is 10.2. The first-order chi connectivity index (χ1) is 8.77. The van der Waals surface area contributed by atoms with Crippen LogP contribution in [0.4, 0.5) is 5.69 Å². The third-order valence-electron chi connectivity index (χ3n) is 3.74. The molecule has 2 aliphatic heterocycles. The quantitative estimate of drug-likeness (QED) is 0.752. The van der Waals surface area contributed by atoms with Crippen LogP contribution in [0.5, 0.6) is 0 Å². The highest BCUT2D eigenvalue weighted by molar-refractivity contribution is 6.08. The minimum atomic E-state index is -0.495. The number of rotatable bonds is 1. The Kier molecular flexibility index (Phi) is 2.78. The number of anilines is 1. The Bertz CT molecular complexity index is 498. The van der Waals surface area contributed by atoms with Crippen LogP contribution in [0, 0.1) is 5.92 Å². The number of para-hydroxylation sites is 1. The second-order valence-electron chi connectivity index (χ2n) is 4.85. The summed E-state index contributed by atoms with van der Waals surface area (Å²) in [7, 11) is 0. The number of hydrogen-bond acceptors (Lipinski definition) is 2. The van der Waals surface area contributed by atoms with Crippen LogP contribution in [-0.4, -0.2) is 24.9 Å². The van der Waals surface area contributed by atoms with Crippen LogP contribution in [-0.2, 0) is 16.0 Å². The van der Waals surface area contributed by atoms with Gasteiger partial charge in [0.1, 0.15) is 5.92 Å². The first kappa shape index (κ1) is 11.3. The zero-order chi connectivity index (χ0) is 12.5. The molecular formula is C14H16N2O2. The Hall–Kier alpha value is -1.84. The highest BCUT2D eigenvalue weighted by atomic mass is 16.2. The minimum absolute atomic E-state index is 0.0443. The van der Waals surface area contributed by atoms with Gasteiger partial charge < -0.3 is 10.2 Å². The van der Waals surface area contributed by atoms with Gasteiger partial charge in [0.25, 0.3) is 0 Å². The predicted octanol–water partition coefficient (Wildman–Crippen LogP) is 1.10. The van der Waals surface area contributed by atoms with Crippen LogP contribution >= 0.6 is 0 Å². The Morgan fingerprint density at radius 1 is 1.33 bits per heavy atom. The van der Waals surface area contributed by atoms with E-state index in [9.17, 15) is 9.59 Å². The molecule has 0 spiro atoms. The van der Waals surface area contributed by atoms with Gasteiger partial charge in [-0.2, -0.15) is 0 Å². The predicted molar refractivity (Wildman–Crippen MR) is 68.2 cm³/mol. The minimum Gasteiger partial charge on any atom is -0.355 e. The van der Waals surface area contributed by atoms with E-state index in [0.29, 0.717) is 19.5 Å². The van der Waals surface area contributed by atoms with Gasteiger partial charge in [0.2, 0.25) is 11.8 Å². The smallest absolute Gasteiger partial charge is 0.239 e. The fourth-order valence-electron chi connectivity index (χ4n) is 2.76. The van der Waals surface area contributed by atoms with Gasteiger partial charge >= 0.3 is 0 Å². The maximum absolute atomic E-state index is 12.4. The molecule has 2 amide bonds. The third-order valence-corrected chi connectivity index (χ3v) is 3.74. The summed E-state index contributed by atoms with van der Waals surface area (Å²) in [5.41, 5.74) is 2.17. The second-order valence-corrected chi connectivity index (χ2v) is 4.85. The molecule has 0 bridgehead atoms. The van der Waals surface area contributed by atoms with E-state index in [1.807, 2.05) is 24.3 Å². The molecule has 1 aromatic rings. The molecule has 1 saturated heterocycles. The number of carbonyl (C=O) groups excluding carboxylic acids is 2. The monoisotopic (exact) mass is 244 g/mol. The summed E-state index contributed by atoms with van der Waals surface area (Å²) in [5, 5.41) is 2.77. The van der Waals surface area contributed by atoms with Crippen molar-refractivity contribution in [1.29, 1.82) is 0 Å². The molecule has 1 fully saturated rings. The Labute approximate surface area is 106 Å². The number of benzene rings is 1. The van der Waals surface area contributed by atoms with E-state index >= 15 is 0 Å².